The summed E-state index contributed by atoms with van der Waals surface area (Å²) >= 11 is 0. The van der Waals surface area contributed by atoms with Crippen LogP contribution in [0.5, 0.6) is 5.75 Å². The van der Waals surface area contributed by atoms with Gasteiger partial charge in [0.05, 0.1) is 24.7 Å². The number of piperidine rings is 1. The van der Waals surface area contributed by atoms with Crippen LogP contribution in [-0.4, -0.2) is 42.6 Å². The molecule has 168 valence electrons. The standard InChI is InChI=1S/C24H27N5O2.ClH/c1-31-21-4-2-19(3-5-21)24(30)28-23-17-26-13-8-22(23)27-16-18-9-14-29(15-10-18)20-6-11-25-12-7-20;/h2-8,11-13,17-18H,9-10,14-16H2,1H3,(H,26,27)(H,28,30);1H. The van der Waals surface area contributed by atoms with Gasteiger partial charge < -0.3 is 20.3 Å². The van der Waals surface area contributed by atoms with Crippen LogP contribution >= 0.6 is 12.4 Å². The van der Waals surface area contributed by atoms with Gasteiger partial charge in [-0.1, -0.05) is 0 Å². The second-order valence-corrected chi connectivity index (χ2v) is 7.62. The Hall–Kier alpha value is -3.32. The molecule has 4 rings (SSSR count). The Morgan fingerprint density at radius 1 is 1.00 bits per heavy atom. The number of ether oxygens (including phenoxy) is 1. The van der Waals surface area contributed by atoms with E-state index in [0.717, 1.165) is 43.9 Å². The summed E-state index contributed by atoms with van der Waals surface area (Å²) in [4.78, 5) is 23.3. The van der Waals surface area contributed by atoms with Crippen molar-refractivity contribution >= 4 is 35.4 Å². The summed E-state index contributed by atoms with van der Waals surface area (Å²) in [6.45, 7) is 2.93. The summed E-state index contributed by atoms with van der Waals surface area (Å²) in [5.74, 6) is 1.12. The number of carbonyl (C=O) groups is 1. The van der Waals surface area contributed by atoms with Crippen LogP contribution in [0.25, 0.3) is 0 Å². The lowest BCUT2D eigenvalue weighted by atomic mass is 9.96. The molecule has 0 radical (unpaired) electrons. The van der Waals surface area contributed by atoms with E-state index >= 15 is 0 Å². The molecule has 7 nitrogen and oxygen atoms in total. The fourth-order valence-electron chi connectivity index (χ4n) is 3.79. The first kappa shape index (κ1) is 23.3. The van der Waals surface area contributed by atoms with Crippen molar-refractivity contribution in [3.63, 3.8) is 0 Å². The number of halogens is 1. The topological polar surface area (TPSA) is 79.4 Å². The largest absolute Gasteiger partial charge is 0.497 e. The number of nitrogens with one attached hydrogen (secondary N) is 2. The molecule has 1 aliphatic rings. The van der Waals surface area contributed by atoms with Gasteiger partial charge in [-0.2, -0.15) is 0 Å². The molecule has 1 aromatic carbocycles. The van der Waals surface area contributed by atoms with Gasteiger partial charge in [0, 0.05) is 49.5 Å². The highest BCUT2D eigenvalue weighted by Crippen LogP contribution is 2.25. The van der Waals surface area contributed by atoms with Crippen molar-refractivity contribution in [2.45, 2.75) is 12.8 Å². The van der Waals surface area contributed by atoms with Gasteiger partial charge in [0.25, 0.3) is 5.91 Å². The minimum absolute atomic E-state index is 0. The van der Waals surface area contributed by atoms with E-state index in [0.29, 0.717) is 17.2 Å². The summed E-state index contributed by atoms with van der Waals surface area (Å²) in [6, 6.07) is 13.1. The van der Waals surface area contributed by atoms with Gasteiger partial charge in [0.2, 0.25) is 0 Å². The van der Waals surface area contributed by atoms with Gasteiger partial charge in [0.15, 0.2) is 0 Å². The molecule has 0 atom stereocenters. The van der Waals surface area contributed by atoms with Crippen molar-refractivity contribution < 1.29 is 9.53 Å². The molecule has 1 aliphatic heterocycles. The maximum Gasteiger partial charge on any atom is 0.255 e. The molecule has 8 heteroatoms. The minimum Gasteiger partial charge on any atom is -0.497 e. The van der Waals surface area contributed by atoms with Crippen molar-refractivity contribution in [1.29, 1.82) is 0 Å². The average Bonchev–Trinajstić information content (AvgIpc) is 2.84. The molecule has 1 fully saturated rings. The predicted molar refractivity (Wildman–Crippen MR) is 130 cm³/mol. The van der Waals surface area contributed by atoms with Crippen LogP contribution in [-0.2, 0) is 0 Å². The molecule has 2 N–H and O–H groups in total. The molecule has 3 heterocycles. The fourth-order valence-corrected chi connectivity index (χ4v) is 3.79. The van der Waals surface area contributed by atoms with Crippen LogP contribution in [0.4, 0.5) is 17.1 Å². The third-order valence-corrected chi connectivity index (χ3v) is 5.65. The second kappa shape index (κ2) is 11.3. The summed E-state index contributed by atoms with van der Waals surface area (Å²) in [5.41, 5.74) is 3.36. The van der Waals surface area contributed by atoms with E-state index in [-0.39, 0.29) is 18.3 Å². The van der Waals surface area contributed by atoms with Gasteiger partial charge in [-0.05, 0) is 61.2 Å². The Kier molecular flexibility index (Phi) is 8.27. The number of carbonyl (C=O) groups excluding carboxylic acids is 1. The molecule has 0 unspecified atom stereocenters. The first-order valence-corrected chi connectivity index (χ1v) is 10.5. The maximum atomic E-state index is 12.6. The number of amides is 1. The van der Waals surface area contributed by atoms with Crippen molar-refractivity contribution in [2.24, 2.45) is 5.92 Å². The van der Waals surface area contributed by atoms with Gasteiger partial charge in [0.1, 0.15) is 5.75 Å². The van der Waals surface area contributed by atoms with E-state index in [1.807, 2.05) is 18.5 Å². The van der Waals surface area contributed by atoms with E-state index < -0.39 is 0 Å². The molecule has 32 heavy (non-hydrogen) atoms. The lowest BCUT2D eigenvalue weighted by Crippen LogP contribution is -2.35. The van der Waals surface area contributed by atoms with Crippen LogP contribution in [0.1, 0.15) is 23.2 Å². The number of benzene rings is 1. The molecular weight excluding hydrogens is 426 g/mol. The molecule has 0 bridgehead atoms. The van der Waals surface area contributed by atoms with E-state index in [2.05, 4.69) is 37.6 Å². The SMILES string of the molecule is COc1ccc(C(=O)Nc2cnccc2NCC2CCN(c3ccncc3)CC2)cc1.Cl. The molecule has 0 aliphatic carbocycles. The van der Waals surface area contributed by atoms with Gasteiger partial charge in [-0.3, -0.25) is 14.8 Å². The van der Waals surface area contributed by atoms with Crippen molar-refractivity contribution in [3.05, 3.63) is 72.8 Å². The number of methoxy groups -OCH3 is 1. The predicted octanol–water partition coefficient (Wildman–Crippen LogP) is 4.49. The van der Waals surface area contributed by atoms with E-state index in [1.54, 1.807) is 43.8 Å². The summed E-state index contributed by atoms with van der Waals surface area (Å²) in [6.07, 6.45) is 9.33. The first-order chi connectivity index (χ1) is 15.2. The molecule has 1 saturated heterocycles. The van der Waals surface area contributed by atoms with Crippen molar-refractivity contribution in [3.8, 4) is 5.75 Å². The van der Waals surface area contributed by atoms with E-state index in [4.69, 9.17) is 4.74 Å². The Labute approximate surface area is 194 Å². The Morgan fingerprint density at radius 2 is 1.69 bits per heavy atom. The van der Waals surface area contributed by atoms with E-state index in [1.165, 1.54) is 5.69 Å². The Bertz CT molecular complexity index is 993. The average molecular weight is 454 g/mol. The monoisotopic (exact) mass is 453 g/mol. The summed E-state index contributed by atoms with van der Waals surface area (Å²) in [5, 5.41) is 6.47. The van der Waals surface area contributed by atoms with Gasteiger partial charge >= 0.3 is 0 Å². The number of nitrogens with zero attached hydrogens (tertiary/aromatic N) is 3. The highest BCUT2D eigenvalue weighted by atomic mass is 35.5. The van der Waals surface area contributed by atoms with Crippen LogP contribution in [0.2, 0.25) is 0 Å². The smallest absolute Gasteiger partial charge is 0.255 e. The highest BCUT2D eigenvalue weighted by molar-refractivity contribution is 6.05. The first-order valence-electron chi connectivity index (χ1n) is 10.5. The fraction of sp³-hybridized carbons (Fsp3) is 0.292. The number of pyridine rings is 2. The lowest BCUT2D eigenvalue weighted by molar-refractivity contribution is 0.102. The number of hydrogen-bond acceptors (Lipinski definition) is 6. The van der Waals surface area contributed by atoms with Gasteiger partial charge in [-0.25, -0.2) is 0 Å². The normalized spacial score (nSPS) is 13.7. The number of hydrogen-bond donors (Lipinski definition) is 2. The Morgan fingerprint density at radius 3 is 2.38 bits per heavy atom. The third kappa shape index (κ3) is 5.88. The highest BCUT2D eigenvalue weighted by Gasteiger charge is 2.20. The second-order valence-electron chi connectivity index (χ2n) is 7.62. The van der Waals surface area contributed by atoms with Crippen LogP contribution in [0.3, 0.4) is 0 Å². The quantitative estimate of drug-likeness (QED) is 0.548. The number of aromatic nitrogens is 2. The number of anilines is 3. The molecule has 2 aromatic heterocycles. The Balaban J connectivity index is 0.00000289. The van der Waals surface area contributed by atoms with E-state index in [9.17, 15) is 4.79 Å². The van der Waals surface area contributed by atoms with Crippen LogP contribution < -0.4 is 20.3 Å². The number of rotatable bonds is 7. The summed E-state index contributed by atoms with van der Waals surface area (Å²) in [7, 11) is 1.60. The molecule has 0 spiro atoms. The van der Waals surface area contributed by atoms with Crippen molar-refractivity contribution in [1.82, 2.24) is 9.97 Å². The lowest BCUT2D eigenvalue weighted by Gasteiger charge is -2.33. The minimum atomic E-state index is -0.177. The van der Waals surface area contributed by atoms with Crippen molar-refractivity contribution in [2.75, 3.05) is 42.3 Å². The molecular formula is C24H28ClN5O2. The zero-order chi connectivity index (χ0) is 21.5. The zero-order valence-electron chi connectivity index (χ0n) is 18.0. The van der Waals surface area contributed by atoms with Gasteiger partial charge in [-0.15, -0.1) is 12.4 Å². The van der Waals surface area contributed by atoms with Crippen LogP contribution in [0.15, 0.2) is 67.3 Å². The zero-order valence-corrected chi connectivity index (χ0v) is 18.8. The maximum absolute atomic E-state index is 12.6. The molecule has 3 aromatic rings. The molecule has 0 saturated carbocycles. The third-order valence-electron chi connectivity index (χ3n) is 5.65. The summed E-state index contributed by atoms with van der Waals surface area (Å²) < 4.78 is 5.15. The van der Waals surface area contributed by atoms with Crippen LogP contribution in [0, 0.1) is 5.92 Å². The molecule has 1 amide bonds.